The van der Waals surface area contributed by atoms with Crippen molar-refractivity contribution in [3.63, 3.8) is 0 Å². The Kier molecular flexibility index (Phi) is 7.34. The average molecular weight is 271 g/mol. The Morgan fingerprint density at radius 2 is 2.11 bits per heavy atom. The van der Waals surface area contributed by atoms with Gasteiger partial charge in [-0.15, -0.1) is 0 Å². The van der Waals surface area contributed by atoms with Gasteiger partial charge in [-0.05, 0) is 19.8 Å². The van der Waals surface area contributed by atoms with E-state index < -0.39 is 0 Å². The minimum atomic E-state index is -0.340. The molecule has 0 radical (unpaired) electrons. The van der Waals surface area contributed by atoms with Crippen LogP contribution in [-0.2, 0) is 9.53 Å². The lowest BCUT2D eigenvalue weighted by atomic mass is 10.1. The first-order chi connectivity index (χ1) is 9.13. The number of hydrogen-bond acceptors (Lipinski definition) is 4. The second-order valence-electron chi connectivity index (χ2n) is 5.09. The second-order valence-corrected chi connectivity index (χ2v) is 5.09. The van der Waals surface area contributed by atoms with Gasteiger partial charge in [0.2, 0.25) is 5.91 Å². The summed E-state index contributed by atoms with van der Waals surface area (Å²) in [6.45, 7) is 11.1. The van der Waals surface area contributed by atoms with Crippen molar-refractivity contribution in [1.82, 2.24) is 9.80 Å². The maximum Gasteiger partial charge on any atom is 0.239 e. The highest BCUT2D eigenvalue weighted by Gasteiger charge is 2.29. The third kappa shape index (κ3) is 4.75. The van der Waals surface area contributed by atoms with Crippen molar-refractivity contribution < 1.29 is 9.53 Å². The van der Waals surface area contributed by atoms with Crippen molar-refractivity contribution in [2.24, 2.45) is 5.73 Å². The first-order valence-corrected chi connectivity index (χ1v) is 7.50. The summed E-state index contributed by atoms with van der Waals surface area (Å²) in [5.41, 5.74) is 5.84. The van der Waals surface area contributed by atoms with Crippen LogP contribution in [0.1, 0.15) is 33.6 Å². The minimum Gasteiger partial charge on any atom is -0.380 e. The zero-order valence-corrected chi connectivity index (χ0v) is 12.6. The standard InChI is InChI=1S/C14H29N3O2/c1-4-12-11-17(14(18)13(15)5-2)8-7-16(12)9-10-19-6-3/h12-13H,4-11,15H2,1-3H3/t12?,13-/m0/s1. The van der Waals surface area contributed by atoms with Crippen LogP contribution in [-0.4, -0.2) is 67.2 Å². The second kappa shape index (κ2) is 8.51. The van der Waals surface area contributed by atoms with Crippen molar-refractivity contribution in [1.29, 1.82) is 0 Å². The molecule has 5 nitrogen and oxygen atoms in total. The fourth-order valence-corrected chi connectivity index (χ4v) is 2.51. The molecule has 1 amide bonds. The monoisotopic (exact) mass is 271 g/mol. The van der Waals surface area contributed by atoms with E-state index in [-0.39, 0.29) is 11.9 Å². The molecular weight excluding hydrogens is 242 g/mol. The van der Waals surface area contributed by atoms with Crippen molar-refractivity contribution in [2.75, 3.05) is 39.4 Å². The summed E-state index contributed by atoms with van der Waals surface area (Å²) in [6.07, 6.45) is 1.76. The van der Waals surface area contributed by atoms with Crippen LogP contribution in [0.15, 0.2) is 0 Å². The number of carbonyl (C=O) groups excluding carboxylic acids is 1. The Balaban J connectivity index is 2.47. The molecule has 0 aliphatic carbocycles. The van der Waals surface area contributed by atoms with Gasteiger partial charge in [-0.3, -0.25) is 9.69 Å². The van der Waals surface area contributed by atoms with Crippen LogP contribution in [0.4, 0.5) is 0 Å². The SMILES string of the molecule is CCOCCN1CCN(C(=O)[C@@H](N)CC)CC1CC. The van der Waals surface area contributed by atoms with Crippen LogP contribution in [0.25, 0.3) is 0 Å². The molecule has 1 aliphatic rings. The molecule has 0 saturated carbocycles. The number of carbonyl (C=O) groups is 1. The van der Waals surface area contributed by atoms with Gasteiger partial charge in [-0.25, -0.2) is 0 Å². The highest BCUT2D eigenvalue weighted by molar-refractivity contribution is 5.81. The topological polar surface area (TPSA) is 58.8 Å². The summed E-state index contributed by atoms with van der Waals surface area (Å²) in [5, 5.41) is 0. The molecule has 5 heteroatoms. The fourth-order valence-electron chi connectivity index (χ4n) is 2.51. The van der Waals surface area contributed by atoms with Gasteiger partial charge < -0.3 is 15.4 Å². The summed E-state index contributed by atoms with van der Waals surface area (Å²) in [6, 6.07) is 0.0923. The molecule has 19 heavy (non-hydrogen) atoms. The lowest BCUT2D eigenvalue weighted by Crippen LogP contribution is -2.57. The summed E-state index contributed by atoms with van der Waals surface area (Å²) in [5.74, 6) is 0.102. The number of amides is 1. The van der Waals surface area contributed by atoms with Gasteiger partial charge in [-0.1, -0.05) is 13.8 Å². The predicted molar refractivity (Wildman–Crippen MR) is 77.0 cm³/mol. The Bertz CT molecular complexity index is 273. The summed E-state index contributed by atoms with van der Waals surface area (Å²) in [4.78, 5) is 16.5. The normalized spacial score (nSPS) is 22.5. The van der Waals surface area contributed by atoms with Crippen molar-refractivity contribution in [2.45, 2.75) is 45.7 Å². The zero-order valence-electron chi connectivity index (χ0n) is 12.6. The lowest BCUT2D eigenvalue weighted by Gasteiger charge is -2.41. The lowest BCUT2D eigenvalue weighted by molar-refractivity contribution is -0.135. The number of ether oxygens (including phenoxy) is 1. The van der Waals surface area contributed by atoms with E-state index in [1.165, 1.54) is 0 Å². The van der Waals surface area contributed by atoms with Gasteiger partial charge in [0.15, 0.2) is 0 Å². The minimum absolute atomic E-state index is 0.102. The van der Waals surface area contributed by atoms with E-state index in [1.807, 2.05) is 18.7 Å². The van der Waals surface area contributed by atoms with Crippen LogP contribution in [0, 0.1) is 0 Å². The first-order valence-electron chi connectivity index (χ1n) is 7.50. The predicted octanol–water partition coefficient (Wildman–Crippen LogP) is 0.683. The van der Waals surface area contributed by atoms with E-state index in [0.717, 1.165) is 45.8 Å². The van der Waals surface area contributed by atoms with E-state index >= 15 is 0 Å². The van der Waals surface area contributed by atoms with E-state index in [1.54, 1.807) is 0 Å². The Hall–Kier alpha value is -0.650. The number of piperazine rings is 1. The Morgan fingerprint density at radius 3 is 2.68 bits per heavy atom. The van der Waals surface area contributed by atoms with Crippen LogP contribution in [0.2, 0.25) is 0 Å². The molecule has 1 aliphatic heterocycles. The van der Waals surface area contributed by atoms with Gasteiger partial charge in [0.1, 0.15) is 0 Å². The molecule has 2 N–H and O–H groups in total. The summed E-state index contributed by atoms with van der Waals surface area (Å²) in [7, 11) is 0. The van der Waals surface area contributed by atoms with E-state index in [9.17, 15) is 4.79 Å². The first kappa shape index (κ1) is 16.4. The molecule has 1 saturated heterocycles. The van der Waals surface area contributed by atoms with Gasteiger partial charge in [0.25, 0.3) is 0 Å². The van der Waals surface area contributed by atoms with Gasteiger partial charge in [-0.2, -0.15) is 0 Å². The van der Waals surface area contributed by atoms with Gasteiger partial charge in [0, 0.05) is 38.8 Å². The van der Waals surface area contributed by atoms with Crippen LogP contribution < -0.4 is 5.73 Å². The molecule has 0 aromatic carbocycles. The largest absolute Gasteiger partial charge is 0.380 e. The third-order valence-electron chi connectivity index (χ3n) is 3.87. The maximum absolute atomic E-state index is 12.1. The number of nitrogens with zero attached hydrogens (tertiary/aromatic N) is 2. The Labute approximate surface area is 117 Å². The van der Waals surface area contributed by atoms with Gasteiger partial charge in [0.05, 0.1) is 12.6 Å². The molecule has 1 rings (SSSR count). The highest BCUT2D eigenvalue weighted by atomic mass is 16.5. The van der Waals surface area contributed by atoms with Crippen molar-refractivity contribution in [3.8, 4) is 0 Å². The van der Waals surface area contributed by atoms with Crippen LogP contribution in [0.3, 0.4) is 0 Å². The summed E-state index contributed by atoms with van der Waals surface area (Å²) < 4.78 is 5.42. The summed E-state index contributed by atoms with van der Waals surface area (Å²) >= 11 is 0. The van der Waals surface area contributed by atoms with E-state index in [4.69, 9.17) is 10.5 Å². The molecule has 1 heterocycles. The molecule has 1 unspecified atom stereocenters. The fraction of sp³-hybridized carbons (Fsp3) is 0.929. The Morgan fingerprint density at radius 1 is 1.37 bits per heavy atom. The molecule has 0 aromatic heterocycles. The molecular formula is C14H29N3O2. The number of rotatable bonds is 7. The molecule has 112 valence electrons. The van der Waals surface area contributed by atoms with Crippen molar-refractivity contribution in [3.05, 3.63) is 0 Å². The van der Waals surface area contributed by atoms with Crippen LogP contribution in [0.5, 0.6) is 0 Å². The molecule has 2 atom stereocenters. The smallest absolute Gasteiger partial charge is 0.239 e. The zero-order chi connectivity index (χ0) is 14.3. The van der Waals surface area contributed by atoms with E-state index in [0.29, 0.717) is 12.5 Å². The third-order valence-corrected chi connectivity index (χ3v) is 3.87. The number of hydrogen-bond donors (Lipinski definition) is 1. The molecule has 0 aromatic rings. The molecule has 0 spiro atoms. The molecule has 0 bridgehead atoms. The maximum atomic E-state index is 12.1. The average Bonchev–Trinajstić information content (AvgIpc) is 2.46. The van der Waals surface area contributed by atoms with Crippen LogP contribution >= 0.6 is 0 Å². The number of nitrogens with two attached hydrogens (primary N) is 1. The van der Waals surface area contributed by atoms with Gasteiger partial charge >= 0.3 is 0 Å². The quantitative estimate of drug-likeness (QED) is 0.692. The van der Waals surface area contributed by atoms with E-state index in [2.05, 4.69) is 11.8 Å². The highest BCUT2D eigenvalue weighted by Crippen LogP contribution is 2.13. The molecule has 1 fully saturated rings. The van der Waals surface area contributed by atoms with Crippen molar-refractivity contribution >= 4 is 5.91 Å².